The van der Waals surface area contributed by atoms with Crippen molar-refractivity contribution in [2.45, 2.75) is 72.1 Å². The molecule has 0 amide bonds. The van der Waals surface area contributed by atoms with Crippen LogP contribution in [-0.2, 0) is 0 Å². The predicted molar refractivity (Wildman–Crippen MR) is 89.0 cm³/mol. The van der Waals surface area contributed by atoms with Crippen LogP contribution in [0.1, 0.15) is 72.1 Å². The first kappa shape index (κ1) is 15.6. The molecule has 3 aliphatic carbocycles. The normalized spacial score (nSPS) is 53.6. The first-order valence-electron chi connectivity index (χ1n) is 9.11. The summed E-state index contributed by atoms with van der Waals surface area (Å²) in [6, 6.07) is 0. The van der Waals surface area contributed by atoms with Crippen LogP contribution in [0.5, 0.6) is 0 Å². The monoisotopic (exact) mass is 290 g/mol. The molecule has 0 spiro atoms. The van der Waals surface area contributed by atoms with Gasteiger partial charge in [0.2, 0.25) is 0 Å². The van der Waals surface area contributed by atoms with Crippen LogP contribution in [-0.4, -0.2) is 11.7 Å². The second-order valence-electron chi connectivity index (χ2n) is 9.27. The summed E-state index contributed by atoms with van der Waals surface area (Å²) < 4.78 is 0. The first-order chi connectivity index (χ1) is 9.87. The van der Waals surface area contributed by atoms with Gasteiger partial charge in [-0.3, -0.25) is 0 Å². The van der Waals surface area contributed by atoms with Gasteiger partial charge in [0, 0.05) is 6.61 Å². The van der Waals surface area contributed by atoms with Crippen molar-refractivity contribution < 1.29 is 5.11 Å². The minimum atomic E-state index is 0.178. The van der Waals surface area contributed by atoms with Crippen molar-refractivity contribution >= 4 is 0 Å². The molecule has 3 aliphatic rings. The molecule has 0 heterocycles. The van der Waals surface area contributed by atoms with Crippen LogP contribution in [0.3, 0.4) is 0 Å². The molecule has 3 fully saturated rings. The van der Waals surface area contributed by atoms with Gasteiger partial charge in [0.1, 0.15) is 0 Å². The Balaban J connectivity index is 1.87. The predicted octanol–water partition coefficient (Wildman–Crippen LogP) is 5.19. The zero-order chi connectivity index (χ0) is 15.3. The van der Waals surface area contributed by atoms with Crippen molar-refractivity contribution in [3.8, 4) is 0 Å². The Labute approximate surface area is 131 Å². The summed E-state index contributed by atoms with van der Waals surface area (Å²) in [6.07, 6.45) is 12.9. The van der Waals surface area contributed by atoms with Crippen molar-refractivity contribution in [2.24, 2.45) is 34.0 Å². The van der Waals surface area contributed by atoms with Crippen LogP contribution in [0, 0.1) is 34.0 Å². The summed E-state index contributed by atoms with van der Waals surface area (Å²) in [7, 11) is 0. The topological polar surface area (TPSA) is 20.2 Å². The average Bonchev–Trinajstić information content (AvgIpc) is 2.46. The Morgan fingerprint density at radius 3 is 2.52 bits per heavy atom. The van der Waals surface area contributed by atoms with Gasteiger partial charge in [-0.15, -0.1) is 6.58 Å². The van der Waals surface area contributed by atoms with Gasteiger partial charge >= 0.3 is 0 Å². The summed E-state index contributed by atoms with van der Waals surface area (Å²) in [5.74, 6) is 2.51. The highest BCUT2D eigenvalue weighted by Crippen LogP contribution is 2.65. The summed E-state index contributed by atoms with van der Waals surface area (Å²) in [4.78, 5) is 0. The molecule has 6 atom stereocenters. The third-order valence-corrected chi connectivity index (χ3v) is 7.95. The molecule has 0 aromatic carbocycles. The van der Waals surface area contributed by atoms with E-state index in [1.165, 1.54) is 51.4 Å². The summed E-state index contributed by atoms with van der Waals surface area (Å²) in [5, 5.41) is 10.0. The van der Waals surface area contributed by atoms with E-state index in [0.717, 1.165) is 17.8 Å². The standard InChI is InChI=1S/C20H34O/c1-5-18(2)12-9-16-15(13-18)7-8-17-19(3,14-21)10-6-11-20(16,17)4/h5,15-17,21H,1,6-14H2,2-4H3/t15?,16?,17?,18-,19-,20+/m0/s1. The number of allylic oxidation sites excluding steroid dienone is 1. The van der Waals surface area contributed by atoms with Crippen molar-refractivity contribution in [2.75, 3.05) is 6.61 Å². The summed E-state index contributed by atoms with van der Waals surface area (Å²) in [5.41, 5.74) is 1.03. The van der Waals surface area contributed by atoms with Gasteiger partial charge in [-0.25, -0.2) is 0 Å². The molecular weight excluding hydrogens is 256 g/mol. The molecule has 120 valence electrons. The van der Waals surface area contributed by atoms with Crippen molar-refractivity contribution in [3.63, 3.8) is 0 Å². The Hall–Kier alpha value is -0.300. The quantitative estimate of drug-likeness (QED) is 0.694. The molecule has 3 saturated carbocycles. The van der Waals surface area contributed by atoms with E-state index in [2.05, 4.69) is 33.4 Å². The van der Waals surface area contributed by atoms with E-state index in [0.29, 0.717) is 17.4 Å². The van der Waals surface area contributed by atoms with Crippen molar-refractivity contribution in [3.05, 3.63) is 12.7 Å². The fraction of sp³-hybridized carbons (Fsp3) is 0.900. The molecule has 0 saturated heterocycles. The fourth-order valence-corrected chi connectivity index (χ4v) is 6.63. The van der Waals surface area contributed by atoms with E-state index in [1.54, 1.807) is 0 Å². The van der Waals surface area contributed by atoms with Crippen molar-refractivity contribution in [1.82, 2.24) is 0 Å². The van der Waals surface area contributed by atoms with E-state index < -0.39 is 0 Å². The molecule has 0 aromatic heterocycles. The van der Waals surface area contributed by atoms with E-state index in [9.17, 15) is 5.11 Å². The summed E-state index contributed by atoms with van der Waals surface area (Å²) in [6.45, 7) is 11.8. The van der Waals surface area contributed by atoms with Crippen LogP contribution in [0.4, 0.5) is 0 Å². The van der Waals surface area contributed by atoms with Gasteiger partial charge in [0.25, 0.3) is 0 Å². The second-order valence-corrected chi connectivity index (χ2v) is 9.27. The Kier molecular flexibility index (Phi) is 3.80. The number of fused-ring (bicyclic) bond motifs is 3. The minimum Gasteiger partial charge on any atom is -0.396 e. The van der Waals surface area contributed by atoms with Gasteiger partial charge in [-0.05, 0) is 78.9 Å². The lowest BCUT2D eigenvalue weighted by atomic mass is 9.43. The maximum atomic E-state index is 10.0. The molecular formula is C20H34O. The van der Waals surface area contributed by atoms with Crippen LogP contribution in [0.15, 0.2) is 12.7 Å². The SMILES string of the molecule is C=C[C@@]1(C)CCC2C(CCC3[C@](C)(CO)CCC[C@]23C)C1. The van der Waals surface area contributed by atoms with E-state index >= 15 is 0 Å². The average molecular weight is 290 g/mol. The van der Waals surface area contributed by atoms with Crippen LogP contribution < -0.4 is 0 Å². The molecule has 21 heavy (non-hydrogen) atoms. The highest BCUT2D eigenvalue weighted by atomic mass is 16.3. The lowest BCUT2D eigenvalue weighted by Gasteiger charge is -2.62. The molecule has 1 nitrogen and oxygen atoms in total. The van der Waals surface area contributed by atoms with E-state index in [4.69, 9.17) is 0 Å². The fourth-order valence-electron chi connectivity index (χ4n) is 6.63. The van der Waals surface area contributed by atoms with Gasteiger partial charge in [0.15, 0.2) is 0 Å². The zero-order valence-corrected chi connectivity index (χ0v) is 14.3. The molecule has 0 radical (unpaired) electrons. The molecule has 0 aliphatic heterocycles. The molecule has 0 aromatic rings. The minimum absolute atomic E-state index is 0.178. The lowest BCUT2D eigenvalue weighted by Crippen LogP contribution is -2.55. The van der Waals surface area contributed by atoms with Crippen LogP contribution in [0.2, 0.25) is 0 Å². The third-order valence-electron chi connectivity index (χ3n) is 7.95. The number of hydrogen-bond acceptors (Lipinski definition) is 1. The molecule has 3 unspecified atom stereocenters. The van der Waals surface area contributed by atoms with Crippen LogP contribution >= 0.6 is 0 Å². The number of aliphatic hydroxyl groups excluding tert-OH is 1. The molecule has 0 bridgehead atoms. The van der Waals surface area contributed by atoms with Crippen LogP contribution in [0.25, 0.3) is 0 Å². The molecule has 3 rings (SSSR count). The molecule has 1 heteroatoms. The van der Waals surface area contributed by atoms with E-state index in [-0.39, 0.29) is 5.41 Å². The number of hydrogen-bond donors (Lipinski definition) is 1. The largest absolute Gasteiger partial charge is 0.396 e. The van der Waals surface area contributed by atoms with Gasteiger partial charge < -0.3 is 5.11 Å². The highest BCUT2D eigenvalue weighted by Gasteiger charge is 2.57. The first-order valence-corrected chi connectivity index (χ1v) is 9.11. The maximum Gasteiger partial charge on any atom is 0.0487 e. The van der Waals surface area contributed by atoms with E-state index in [1.807, 2.05) is 0 Å². The second kappa shape index (κ2) is 5.11. The van der Waals surface area contributed by atoms with Gasteiger partial charge in [-0.2, -0.15) is 0 Å². The van der Waals surface area contributed by atoms with Crippen molar-refractivity contribution in [1.29, 1.82) is 0 Å². The Morgan fingerprint density at radius 1 is 1.10 bits per heavy atom. The lowest BCUT2D eigenvalue weighted by molar-refractivity contribution is -0.137. The third kappa shape index (κ3) is 2.31. The number of rotatable bonds is 2. The highest BCUT2D eigenvalue weighted by molar-refractivity contribution is 5.08. The maximum absolute atomic E-state index is 10.0. The summed E-state index contributed by atoms with van der Waals surface area (Å²) >= 11 is 0. The smallest absolute Gasteiger partial charge is 0.0487 e. The molecule has 1 N–H and O–H groups in total. The Bertz CT molecular complexity index is 416. The zero-order valence-electron chi connectivity index (χ0n) is 14.3. The Morgan fingerprint density at radius 2 is 1.86 bits per heavy atom. The number of aliphatic hydroxyl groups is 1. The van der Waals surface area contributed by atoms with Gasteiger partial charge in [0.05, 0.1) is 0 Å². The van der Waals surface area contributed by atoms with Gasteiger partial charge in [-0.1, -0.05) is 33.3 Å².